The number of piperazine rings is 1. The number of amides is 4. The average molecular weight is 486 g/mol. The number of morpholine rings is 1. The molecular formula is C19H27N5O6S2. The monoisotopic (exact) mass is 485 g/mol. The Balaban J connectivity index is 1.34. The number of hydrogen-bond acceptors (Lipinski definition) is 8. The first kappa shape index (κ1) is 23.3. The third kappa shape index (κ3) is 4.58. The van der Waals surface area contributed by atoms with Crippen LogP contribution in [0, 0.1) is 0 Å². The van der Waals surface area contributed by atoms with Crippen molar-refractivity contribution in [3.63, 3.8) is 0 Å². The van der Waals surface area contributed by atoms with E-state index >= 15 is 0 Å². The van der Waals surface area contributed by atoms with Gasteiger partial charge >= 0.3 is 17.8 Å². The lowest BCUT2D eigenvalue weighted by molar-refractivity contribution is -0.144. The van der Waals surface area contributed by atoms with E-state index in [4.69, 9.17) is 4.74 Å². The number of thiophene rings is 1. The average Bonchev–Trinajstić information content (AvgIpc) is 3.33. The summed E-state index contributed by atoms with van der Waals surface area (Å²) in [5.74, 6) is -1.68. The van der Waals surface area contributed by atoms with Gasteiger partial charge in [-0.05, 0) is 25.3 Å². The van der Waals surface area contributed by atoms with Crippen molar-refractivity contribution in [2.45, 2.75) is 32.6 Å². The summed E-state index contributed by atoms with van der Waals surface area (Å²) < 4.78 is 34.6. The number of nitrogens with zero attached hydrogens (tertiary/aromatic N) is 5. The molecular weight excluding hydrogens is 458 g/mol. The molecule has 1 aromatic rings. The number of rotatable bonds is 6. The minimum atomic E-state index is -3.62. The SMILES string of the molecule is CC1CN(S(=O)(=O)N2CCN(CN3C(=O)C(=O)N(Cc4cccs4)C3=O)CC2)CC(C)O1. The van der Waals surface area contributed by atoms with Gasteiger partial charge in [-0.1, -0.05) is 6.07 Å². The first-order valence-corrected chi connectivity index (χ1v) is 12.8. The molecule has 0 N–H and O–H groups in total. The molecule has 13 heteroatoms. The van der Waals surface area contributed by atoms with Gasteiger partial charge in [0.25, 0.3) is 10.2 Å². The molecule has 4 rings (SSSR count). The second-order valence-corrected chi connectivity index (χ2v) is 11.2. The van der Waals surface area contributed by atoms with Gasteiger partial charge in [0.15, 0.2) is 0 Å². The van der Waals surface area contributed by atoms with Crippen molar-refractivity contribution < 1.29 is 27.5 Å². The molecule has 0 aromatic carbocycles. The molecule has 0 bridgehead atoms. The molecule has 3 saturated heterocycles. The molecule has 3 aliphatic heterocycles. The Bertz CT molecular complexity index is 966. The van der Waals surface area contributed by atoms with Gasteiger partial charge in [0.1, 0.15) is 0 Å². The Labute approximate surface area is 191 Å². The normalized spacial score (nSPS) is 27.0. The Kier molecular flexibility index (Phi) is 6.66. The molecule has 2 unspecified atom stereocenters. The van der Waals surface area contributed by atoms with E-state index < -0.39 is 28.1 Å². The second kappa shape index (κ2) is 9.15. The van der Waals surface area contributed by atoms with Gasteiger partial charge in [-0.3, -0.25) is 19.4 Å². The minimum Gasteiger partial charge on any atom is -0.373 e. The molecule has 2 atom stereocenters. The predicted octanol–water partition coefficient (Wildman–Crippen LogP) is -0.0320. The summed E-state index contributed by atoms with van der Waals surface area (Å²) in [6.07, 6.45) is -0.340. The quantitative estimate of drug-likeness (QED) is 0.411. The summed E-state index contributed by atoms with van der Waals surface area (Å²) in [7, 11) is -3.62. The molecule has 3 fully saturated rings. The van der Waals surface area contributed by atoms with Gasteiger partial charge in [-0.2, -0.15) is 17.0 Å². The van der Waals surface area contributed by atoms with E-state index in [-0.39, 0.29) is 38.5 Å². The zero-order valence-corrected chi connectivity index (χ0v) is 19.7. The number of imide groups is 2. The summed E-state index contributed by atoms with van der Waals surface area (Å²) in [6, 6.07) is 2.98. The van der Waals surface area contributed by atoms with Crippen LogP contribution in [0.2, 0.25) is 0 Å². The third-order valence-electron chi connectivity index (χ3n) is 5.74. The van der Waals surface area contributed by atoms with Crippen LogP contribution in [0.4, 0.5) is 4.79 Å². The zero-order chi connectivity index (χ0) is 23.0. The van der Waals surface area contributed by atoms with Gasteiger partial charge in [-0.15, -0.1) is 11.3 Å². The lowest BCUT2D eigenvalue weighted by Gasteiger charge is -2.40. The van der Waals surface area contributed by atoms with Gasteiger partial charge in [-0.25, -0.2) is 9.69 Å². The number of carbonyl (C=O) groups is 3. The highest BCUT2D eigenvalue weighted by atomic mass is 32.2. The molecule has 0 saturated carbocycles. The number of ether oxygens (including phenoxy) is 1. The van der Waals surface area contributed by atoms with Crippen molar-refractivity contribution in [2.75, 3.05) is 45.9 Å². The molecule has 1 aromatic heterocycles. The Morgan fingerprint density at radius 3 is 2.19 bits per heavy atom. The molecule has 0 spiro atoms. The van der Waals surface area contributed by atoms with Crippen molar-refractivity contribution in [1.29, 1.82) is 0 Å². The van der Waals surface area contributed by atoms with Crippen molar-refractivity contribution in [3.05, 3.63) is 22.4 Å². The van der Waals surface area contributed by atoms with Crippen molar-refractivity contribution in [1.82, 2.24) is 23.3 Å². The van der Waals surface area contributed by atoms with Gasteiger partial charge in [0.05, 0.1) is 25.4 Å². The van der Waals surface area contributed by atoms with Crippen LogP contribution in [0.3, 0.4) is 0 Å². The van der Waals surface area contributed by atoms with Crippen LogP contribution in [0.1, 0.15) is 18.7 Å². The maximum absolute atomic E-state index is 13.0. The second-order valence-electron chi connectivity index (χ2n) is 8.23. The highest BCUT2D eigenvalue weighted by Gasteiger charge is 2.45. The zero-order valence-electron chi connectivity index (χ0n) is 18.0. The van der Waals surface area contributed by atoms with Crippen LogP contribution in [-0.4, -0.2) is 108 Å². The fourth-order valence-electron chi connectivity index (χ4n) is 4.16. The number of urea groups is 1. The molecule has 3 aliphatic rings. The van der Waals surface area contributed by atoms with E-state index in [0.717, 1.165) is 14.7 Å². The standard InChI is InChI=1S/C19H27N5O6S2/c1-14-10-22(11-15(2)30-14)32(28,29)21-7-5-20(6-8-21)13-24-18(26)17(25)23(19(24)27)12-16-4-3-9-31-16/h3-4,9,14-15H,5-8,10-13H2,1-2H3. The highest BCUT2D eigenvalue weighted by molar-refractivity contribution is 7.86. The van der Waals surface area contributed by atoms with Crippen molar-refractivity contribution in [2.24, 2.45) is 0 Å². The third-order valence-corrected chi connectivity index (χ3v) is 8.57. The summed E-state index contributed by atoms with van der Waals surface area (Å²) >= 11 is 1.41. The maximum atomic E-state index is 13.0. The number of hydrogen-bond donors (Lipinski definition) is 0. The summed E-state index contributed by atoms with van der Waals surface area (Å²) in [5.41, 5.74) is 0. The van der Waals surface area contributed by atoms with Crippen LogP contribution in [0.15, 0.2) is 17.5 Å². The van der Waals surface area contributed by atoms with Gasteiger partial charge < -0.3 is 4.74 Å². The van der Waals surface area contributed by atoms with Crippen LogP contribution >= 0.6 is 11.3 Å². The van der Waals surface area contributed by atoms with Crippen LogP contribution in [0.25, 0.3) is 0 Å². The first-order valence-electron chi connectivity index (χ1n) is 10.5. The minimum absolute atomic E-state index is 0.0378. The lowest BCUT2D eigenvalue weighted by atomic mass is 10.3. The maximum Gasteiger partial charge on any atom is 0.335 e. The fourth-order valence-corrected chi connectivity index (χ4v) is 6.60. The molecule has 11 nitrogen and oxygen atoms in total. The Morgan fingerprint density at radius 1 is 0.969 bits per heavy atom. The summed E-state index contributed by atoms with van der Waals surface area (Å²) in [5, 5.41) is 1.84. The van der Waals surface area contributed by atoms with Crippen LogP contribution < -0.4 is 0 Å². The first-order chi connectivity index (χ1) is 15.2. The molecule has 32 heavy (non-hydrogen) atoms. The summed E-state index contributed by atoms with van der Waals surface area (Å²) in [6.45, 7) is 5.54. The lowest BCUT2D eigenvalue weighted by Crippen LogP contribution is -2.58. The van der Waals surface area contributed by atoms with Crippen molar-refractivity contribution in [3.8, 4) is 0 Å². The van der Waals surface area contributed by atoms with E-state index in [0.29, 0.717) is 26.2 Å². The number of carbonyl (C=O) groups excluding carboxylic acids is 3. The summed E-state index contributed by atoms with van der Waals surface area (Å²) in [4.78, 5) is 41.9. The van der Waals surface area contributed by atoms with Gasteiger partial charge in [0.2, 0.25) is 0 Å². The molecule has 0 aliphatic carbocycles. The van der Waals surface area contributed by atoms with E-state index in [1.165, 1.54) is 19.9 Å². The van der Waals surface area contributed by atoms with Crippen LogP contribution in [-0.2, 0) is 31.1 Å². The molecule has 4 amide bonds. The van der Waals surface area contributed by atoms with Crippen molar-refractivity contribution >= 4 is 39.4 Å². The molecule has 4 heterocycles. The largest absolute Gasteiger partial charge is 0.373 e. The Morgan fingerprint density at radius 2 is 1.59 bits per heavy atom. The topological polar surface area (TPSA) is 111 Å². The Hall–Kier alpha value is -1.90. The van der Waals surface area contributed by atoms with Crippen LogP contribution in [0.5, 0.6) is 0 Å². The van der Waals surface area contributed by atoms with E-state index in [9.17, 15) is 22.8 Å². The van der Waals surface area contributed by atoms with E-state index in [2.05, 4.69) is 0 Å². The fraction of sp³-hybridized carbons (Fsp3) is 0.632. The van der Waals surface area contributed by atoms with E-state index in [1.807, 2.05) is 30.2 Å². The highest BCUT2D eigenvalue weighted by Crippen LogP contribution is 2.21. The predicted molar refractivity (Wildman–Crippen MR) is 116 cm³/mol. The van der Waals surface area contributed by atoms with Gasteiger partial charge in [0, 0.05) is 44.1 Å². The smallest absolute Gasteiger partial charge is 0.335 e. The molecule has 176 valence electrons. The molecule has 0 radical (unpaired) electrons. The van der Waals surface area contributed by atoms with E-state index in [1.54, 1.807) is 6.07 Å².